The third kappa shape index (κ3) is 2.84. The van der Waals surface area contributed by atoms with Gasteiger partial charge in [0.2, 0.25) is 5.91 Å². The normalized spacial score (nSPS) is 18.0. The van der Waals surface area contributed by atoms with Gasteiger partial charge in [-0.3, -0.25) is 19.6 Å². The fourth-order valence-electron chi connectivity index (χ4n) is 2.22. The second kappa shape index (κ2) is 5.72. The molecule has 114 valence electrons. The van der Waals surface area contributed by atoms with Crippen molar-refractivity contribution in [2.75, 3.05) is 11.6 Å². The zero-order chi connectivity index (χ0) is 15.7. The van der Waals surface area contributed by atoms with Gasteiger partial charge in [0, 0.05) is 5.75 Å². The van der Waals surface area contributed by atoms with Crippen LogP contribution < -0.4 is 0 Å². The number of amides is 1. The number of hydrogen-bond donors (Lipinski definition) is 1. The molecule has 1 atom stereocenters. The van der Waals surface area contributed by atoms with Crippen LogP contribution in [0.5, 0.6) is 0 Å². The molecule has 0 aromatic carbocycles. The summed E-state index contributed by atoms with van der Waals surface area (Å²) >= 11 is 1.36. The van der Waals surface area contributed by atoms with Gasteiger partial charge in [0.1, 0.15) is 24.0 Å². The highest BCUT2D eigenvalue weighted by molar-refractivity contribution is 7.99. The zero-order valence-electron chi connectivity index (χ0n) is 11.5. The number of nitro groups is 1. The van der Waals surface area contributed by atoms with E-state index < -0.39 is 22.8 Å². The molecular formula is C11H14N4O5S. The monoisotopic (exact) mass is 314 g/mol. The van der Waals surface area contributed by atoms with Crippen LogP contribution in [-0.2, 0) is 16.1 Å². The standard InChI is InChI=1S/C11H14N4O5S/c1-6-10(15(19)20)7(2)14(12-6)3-9(16)13-5-21-4-8(13)11(17)18/h8H,3-5H2,1-2H3,(H,17,18)/t8-/m0/s1. The number of hydrogen-bond acceptors (Lipinski definition) is 6. The van der Waals surface area contributed by atoms with Gasteiger partial charge in [0.25, 0.3) is 0 Å². The molecule has 1 aromatic heterocycles. The summed E-state index contributed by atoms with van der Waals surface area (Å²) in [4.78, 5) is 34.9. The highest BCUT2D eigenvalue weighted by Gasteiger charge is 2.35. The van der Waals surface area contributed by atoms with E-state index >= 15 is 0 Å². The predicted molar refractivity (Wildman–Crippen MR) is 74.0 cm³/mol. The minimum absolute atomic E-state index is 0.117. The molecule has 9 nitrogen and oxygen atoms in total. The highest BCUT2D eigenvalue weighted by Crippen LogP contribution is 2.24. The van der Waals surface area contributed by atoms with Crippen LogP contribution in [0.1, 0.15) is 11.4 Å². The third-order valence-electron chi connectivity index (χ3n) is 3.30. The van der Waals surface area contributed by atoms with E-state index in [0.29, 0.717) is 11.6 Å². The number of aromatic nitrogens is 2. The molecule has 2 heterocycles. The van der Waals surface area contributed by atoms with E-state index in [0.717, 1.165) is 0 Å². The Kier molecular flexibility index (Phi) is 4.16. The number of aryl methyl sites for hydroxylation is 1. The molecule has 1 fully saturated rings. The van der Waals surface area contributed by atoms with Crippen molar-refractivity contribution in [3.8, 4) is 0 Å². The van der Waals surface area contributed by atoms with Crippen molar-refractivity contribution in [2.24, 2.45) is 0 Å². The van der Waals surface area contributed by atoms with E-state index in [1.54, 1.807) is 0 Å². The summed E-state index contributed by atoms with van der Waals surface area (Å²) in [6, 6.07) is -0.852. The van der Waals surface area contributed by atoms with E-state index in [1.165, 1.54) is 35.2 Å². The molecule has 0 bridgehead atoms. The van der Waals surface area contributed by atoms with Crippen molar-refractivity contribution >= 4 is 29.3 Å². The summed E-state index contributed by atoms with van der Waals surface area (Å²) in [5, 5.41) is 24.0. The lowest BCUT2D eigenvalue weighted by Crippen LogP contribution is -2.43. The van der Waals surface area contributed by atoms with Crippen molar-refractivity contribution in [1.29, 1.82) is 0 Å². The van der Waals surface area contributed by atoms with Crippen LogP contribution in [0, 0.1) is 24.0 Å². The van der Waals surface area contributed by atoms with Crippen molar-refractivity contribution in [3.63, 3.8) is 0 Å². The van der Waals surface area contributed by atoms with Gasteiger partial charge >= 0.3 is 11.7 Å². The highest BCUT2D eigenvalue weighted by atomic mass is 32.2. The van der Waals surface area contributed by atoms with Gasteiger partial charge in [0.05, 0.1) is 10.8 Å². The number of aliphatic carboxylic acids is 1. The van der Waals surface area contributed by atoms with Crippen molar-refractivity contribution in [1.82, 2.24) is 14.7 Å². The molecule has 1 N–H and O–H groups in total. The molecule has 0 unspecified atom stereocenters. The summed E-state index contributed by atoms with van der Waals surface area (Å²) in [5.74, 6) is -0.809. The van der Waals surface area contributed by atoms with Crippen LogP contribution in [0.15, 0.2) is 0 Å². The summed E-state index contributed by atoms with van der Waals surface area (Å²) in [6.07, 6.45) is 0. The Hall–Kier alpha value is -2.10. The molecule has 1 saturated heterocycles. The number of thioether (sulfide) groups is 1. The first-order chi connectivity index (χ1) is 9.82. The van der Waals surface area contributed by atoms with Gasteiger partial charge in [-0.25, -0.2) is 4.79 Å². The molecule has 0 saturated carbocycles. The number of carboxylic acids is 1. The van der Waals surface area contributed by atoms with Crippen LogP contribution in [0.4, 0.5) is 5.69 Å². The van der Waals surface area contributed by atoms with Crippen LogP contribution in [0.25, 0.3) is 0 Å². The van der Waals surface area contributed by atoms with Gasteiger partial charge in [-0.05, 0) is 13.8 Å². The first kappa shape index (κ1) is 15.3. The van der Waals surface area contributed by atoms with E-state index in [-0.39, 0.29) is 23.6 Å². The molecule has 1 amide bonds. The lowest BCUT2D eigenvalue weighted by Gasteiger charge is -2.20. The molecule has 1 aliphatic heterocycles. The van der Waals surface area contributed by atoms with Crippen LogP contribution in [-0.4, -0.2) is 54.3 Å². The van der Waals surface area contributed by atoms with E-state index in [2.05, 4.69) is 5.10 Å². The Balaban J connectivity index is 2.19. The largest absolute Gasteiger partial charge is 0.480 e. The fraction of sp³-hybridized carbons (Fsp3) is 0.545. The molecule has 0 radical (unpaired) electrons. The lowest BCUT2D eigenvalue weighted by molar-refractivity contribution is -0.386. The second-order valence-corrected chi connectivity index (χ2v) is 5.65. The SMILES string of the molecule is Cc1nn(CC(=O)N2CSC[C@H]2C(=O)O)c(C)c1[N+](=O)[O-]. The molecule has 0 spiro atoms. The smallest absolute Gasteiger partial charge is 0.327 e. The van der Waals surface area contributed by atoms with Crippen LogP contribution in [0.2, 0.25) is 0 Å². The number of carbonyl (C=O) groups excluding carboxylic acids is 1. The maximum Gasteiger partial charge on any atom is 0.327 e. The molecule has 1 aromatic rings. The molecule has 2 rings (SSSR count). The summed E-state index contributed by atoms with van der Waals surface area (Å²) in [6.45, 7) is 2.81. The van der Waals surface area contributed by atoms with Gasteiger partial charge in [0.15, 0.2) is 0 Å². The Morgan fingerprint density at radius 1 is 1.52 bits per heavy atom. The molecule has 21 heavy (non-hydrogen) atoms. The van der Waals surface area contributed by atoms with Crippen molar-refractivity contribution < 1.29 is 19.6 Å². The summed E-state index contributed by atoms with van der Waals surface area (Å²) in [7, 11) is 0. The number of carbonyl (C=O) groups is 2. The van der Waals surface area contributed by atoms with Gasteiger partial charge in [-0.2, -0.15) is 5.10 Å². The van der Waals surface area contributed by atoms with Gasteiger partial charge in [-0.1, -0.05) is 0 Å². The zero-order valence-corrected chi connectivity index (χ0v) is 12.3. The van der Waals surface area contributed by atoms with Crippen LogP contribution in [0.3, 0.4) is 0 Å². The average Bonchev–Trinajstić information content (AvgIpc) is 2.95. The topological polar surface area (TPSA) is 119 Å². The number of nitrogens with zero attached hydrogens (tertiary/aromatic N) is 4. The molecule has 0 aliphatic carbocycles. The Morgan fingerprint density at radius 2 is 2.19 bits per heavy atom. The predicted octanol–water partition coefficient (Wildman–Crippen LogP) is 0.394. The summed E-state index contributed by atoms with van der Waals surface area (Å²) < 4.78 is 1.25. The maximum absolute atomic E-state index is 12.2. The quantitative estimate of drug-likeness (QED) is 0.631. The third-order valence-corrected chi connectivity index (χ3v) is 4.31. The molecule has 1 aliphatic rings. The van der Waals surface area contributed by atoms with Gasteiger partial charge < -0.3 is 10.0 Å². The maximum atomic E-state index is 12.2. The minimum Gasteiger partial charge on any atom is -0.480 e. The van der Waals surface area contributed by atoms with E-state index in [9.17, 15) is 19.7 Å². The average molecular weight is 314 g/mol. The summed E-state index contributed by atoms with van der Waals surface area (Å²) in [5.41, 5.74) is 0.397. The number of rotatable bonds is 4. The number of carboxylic acid groups (broad SMARTS) is 1. The van der Waals surface area contributed by atoms with Crippen molar-refractivity contribution in [2.45, 2.75) is 26.4 Å². The first-order valence-corrected chi connectivity index (χ1v) is 7.26. The van der Waals surface area contributed by atoms with Crippen LogP contribution >= 0.6 is 11.8 Å². The Morgan fingerprint density at radius 3 is 2.71 bits per heavy atom. The van der Waals surface area contributed by atoms with Crippen molar-refractivity contribution in [3.05, 3.63) is 21.5 Å². The second-order valence-electron chi connectivity index (χ2n) is 4.65. The molecular weight excluding hydrogens is 300 g/mol. The minimum atomic E-state index is -1.05. The first-order valence-electron chi connectivity index (χ1n) is 6.11. The van der Waals surface area contributed by atoms with E-state index in [4.69, 9.17) is 5.11 Å². The Labute approximate surface area is 124 Å². The molecule has 10 heteroatoms. The van der Waals surface area contributed by atoms with Gasteiger partial charge in [-0.15, -0.1) is 11.8 Å². The fourth-order valence-corrected chi connectivity index (χ4v) is 3.39. The Bertz CT molecular complexity index is 614. The van der Waals surface area contributed by atoms with E-state index in [1.807, 2.05) is 0 Å². The lowest BCUT2D eigenvalue weighted by atomic mass is 10.3.